The van der Waals surface area contributed by atoms with E-state index >= 15 is 0 Å². The number of aryl methyl sites for hydroxylation is 2. The lowest BCUT2D eigenvalue weighted by Crippen LogP contribution is -2.45. The summed E-state index contributed by atoms with van der Waals surface area (Å²) in [6.45, 7) is 3.96. The number of hydrogen-bond donors (Lipinski definition) is 3. The molecule has 0 heterocycles. The average Bonchev–Trinajstić information content (AvgIpc) is 2.86. The number of nitrogens with one attached hydrogen (secondary N) is 2. The fourth-order valence-electron chi connectivity index (χ4n) is 3.43. The van der Waals surface area contributed by atoms with Crippen molar-refractivity contribution in [3.05, 3.63) is 71.3 Å². The van der Waals surface area contributed by atoms with Crippen LogP contribution in [-0.2, 0) is 38.5 Å². The lowest BCUT2D eigenvalue weighted by Gasteiger charge is -2.17. The van der Waals surface area contributed by atoms with E-state index in [2.05, 4.69) is 35.1 Å². The van der Waals surface area contributed by atoms with Crippen LogP contribution in [0.1, 0.15) is 56.2 Å². The Hall–Kier alpha value is -3.19. The molecule has 0 aliphatic rings. The Morgan fingerprint density at radius 2 is 1.50 bits per heavy atom. The molecule has 2 unspecified atom stereocenters. The second-order valence-corrected chi connectivity index (χ2v) is 8.64. The van der Waals surface area contributed by atoms with Gasteiger partial charge in [-0.3, -0.25) is 9.59 Å². The fourth-order valence-corrected chi connectivity index (χ4v) is 3.43. The van der Waals surface area contributed by atoms with Crippen molar-refractivity contribution in [1.82, 2.24) is 10.8 Å². The van der Waals surface area contributed by atoms with Crippen LogP contribution < -0.4 is 16.5 Å². The molecule has 34 heavy (non-hydrogen) atoms. The molecule has 0 fully saturated rings. The minimum Gasteiger partial charge on any atom is -0.354 e. The van der Waals surface area contributed by atoms with Crippen molar-refractivity contribution in [2.24, 2.45) is 11.7 Å². The molecule has 7 heteroatoms. The Kier molecular flexibility index (Phi) is 11.8. The first-order chi connectivity index (χ1) is 16.4. The van der Waals surface area contributed by atoms with E-state index in [4.69, 9.17) is 10.6 Å². The van der Waals surface area contributed by atoms with Gasteiger partial charge in [-0.05, 0) is 48.3 Å². The minimum absolute atomic E-state index is 0.0555. The van der Waals surface area contributed by atoms with Gasteiger partial charge in [0.15, 0.2) is 0 Å². The number of carbonyl (C=O) groups is 3. The summed E-state index contributed by atoms with van der Waals surface area (Å²) in [5.74, 6) is -1.28. The number of hydrogen-bond acceptors (Lipinski definition) is 5. The standard InChI is InChI=1S/C27H37N3O4/c1-3-20(2)26(28)27(33)29-18-17-25(32)34-30-24(31)19-23-15-13-22(14-16-23)12-8-7-11-21-9-5-4-6-10-21/h4-6,9-10,13-16,20,26H,3,7-8,11-12,17-19,28H2,1-2H3,(H,29,33)(H,30,31). The Balaban J connectivity index is 1.60. The van der Waals surface area contributed by atoms with Crippen LogP contribution in [0.5, 0.6) is 0 Å². The van der Waals surface area contributed by atoms with E-state index in [0.29, 0.717) is 0 Å². The molecule has 2 aromatic carbocycles. The van der Waals surface area contributed by atoms with Gasteiger partial charge in [0.1, 0.15) is 0 Å². The van der Waals surface area contributed by atoms with Crippen molar-refractivity contribution >= 4 is 17.8 Å². The summed E-state index contributed by atoms with van der Waals surface area (Å²) in [7, 11) is 0. The second-order valence-electron chi connectivity index (χ2n) is 8.64. The number of carbonyl (C=O) groups excluding carboxylic acids is 3. The van der Waals surface area contributed by atoms with Gasteiger partial charge in [-0.25, -0.2) is 4.79 Å². The topological polar surface area (TPSA) is 111 Å². The lowest BCUT2D eigenvalue weighted by molar-refractivity contribution is -0.158. The first-order valence-corrected chi connectivity index (χ1v) is 12.0. The summed E-state index contributed by atoms with van der Waals surface area (Å²) in [5, 5.41) is 2.61. The molecule has 0 spiro atoms. The summed E-state index contributed by atoms with van der Waals surface area (Å²) in [5.41, 5.74) is 11.4. The predicted molar refractivity (Wildman–Crippen MR) is 133 cm³/mol. The second kappa shape index (κ2) is 14.9. The van der Waals surface area contributed by atoms with Gasteiger partial charge < -0.3 is 15.9 Å². The highest BCUT2D eigenvalue weighted by atomic mass is 16.7. The molecule has 2 amide bonds. The summed E-state index contributed by atoms with van der Waals surface area (Å²) < 4.78 is 0. The van der Waals surface area contributed by atoms with Crippen LogP contribution in [0.25, 0.3) is 0 Å². The van der Waals surface area contributed by atoms with E-state index in [0.717, 1.165) is 37.7 Å². The third-order valence-electron chi connectivity index (χ3n) is 5.88. The van der Waals surface area contributed by atoms with Crippen LogP contribution in [0.4, 0.5) is 0 Å². The van der Waals surface area contributed by atoms with E-state index < -0.39 is 17.9 Å². The number of benzene rings is 2. The predicted octanol–water partition coefficient (Wildman–Crippen LogP) is 3.25. The van der Waals surface area contributed by atoms with Crippen molar-refractivity contribution in [2.45, 2.75) is 64.8 Å². The maximum atomic E-state index is 12.1. The van der Waals surface area contributed by atoms with Crippen LogP contribution in [0.15, 0.2) is 54.6 Å². The minimum atomic E-state index is -0.628. The Bertz CT molecular complexity index is 900. The first-order valence-electron chi connectivity index (χ1n) is 12.0. The van der Waals surface area contributed by atoms with E-state index in [1.807, 2.05) is 44.2 Å². The first kappa shape index (κ1) is 27.1. The maximum Gasteiger partial charge on any atom is 0.334 e. The molecule has 2 rings (SSSR count). The number of nitrogens with two attached hydrogens (primary N) is 1. The zero-order valence-electron chi connectivity index (χ0n) is 20.2. The van der Waals surface area contributed by atoms with Crippen LogP contribution in [-0.4, -0.2) is 30.4 Å². The van der Waals surface area contributed by atoms with Gasteiger partial charge in [0.2, 0.25) is 5.91 Å². The Labute approximate surface area is 202 Å². The smallest absolute Gasteiger partial charge is 0.334 e. The van der Waals surface area contributed by atoms with E-state index in [1.54, 1.807) is 0 Å². The maximum absolute atomic E-state index is 12.1. The number of hydroxylamine groups is 1. The van der Waals surface area contributed by atoms with Crippen LogP contribution in [0.3, 0.4) is 0 Å². The average molecular weight is 468 g/mol. The van der Waals surface area contributed by atoms with Crippen molar-refractivity contribution in [2.75, 3.05) is 6.54 Å². The highest BCUT2D eigenvalue weighted by molar-refractivity contribution is 5.82. The molecule has 0 bridgehead atoms. The summed E-state index contributed by atoms with van der Waals surface area (Å²) in [4.78, 5) is 40.5. The monoisotopic (exact) mass is 467 g/mol. The third-order valence-corrected chi connectivity index (χ3v) is 5.88. The molecule has 4 N–H and O–H groups in total. The van der Waals surface area contributed by atoms with Crippen LogP contribution >= 0.6 is 0 Å². The zero-order valence-corrected chi connectivity index (χ0v) is 20.2. The molecule has 0 aliphatic carbocycles. The Morgan fingerprint density at radius 3 is 2.12 bits per heavy atom. The summed E-state index contributed by atoms with van der Waals surface area (Å²) in [6.07, 6.45) is 5.16. The molecule has 0 aliphatic heterocycles. The Morgan fingerprint density at radius 1 is 0.912 bits per heavy atom. The van der Waals surface area contributed by atoms with Crippen molar-refractivity contribution in [3.8, 4) is 0 Å². The van der Waals surface area contributed by atoms with Gasteiger partial charge in [0.05, 0.1) is 18.9 Å². The molecular formula is C27H37N3O4. The van der Waals surface area contributed by atoms with Crippen molar-refractivity contribution < 1.29 is 19.2 Å². The van der Waals surface area contributed by atoms with E-state index in [1.165, 1.54) is 11.1 Å². The van der Waals surface area contributed by atoms with E-state index in [9.17, 15) is 14.4 Å². The quantitative estimate of drug-likeness (QED) is 0.309. The molecule has 7 nitrogen and oxygen atoms in total. The van der Waals surface area contributed by atoms with Gasteiger partial charge in [-0.1, -0.05) is 74.9 Å². The normalized spacial score (nSPS) is 12.4. The van der Waals surface area contributed by atoms with Gasteiger partial charge in [0.25, 0.3) is 5.91 Å². The molecule has 0 saturated heterocycles. The molecule has 184 valence electrons. The van der Waals surface area contributed by atoms with Crippen molar-refractivity contribution in [1.29, 1.82) is 0 Å². The van der Waals surface area contributed by atoms with Gasteiger partial charge >= 0.3 is 5.97 Å². The number of unbranched alkanes of at least 4 members (excludes halogenated alkanes) is 1. The third kappa shape index (κ3) is 10.2. The number of rotatable bonds is 13. The van der Waals surface area contributed by atoms with Crippen molar-refractivity contribution in [3.63, 3.8) is 0 Å². The fraction of sp³-hybridized carbons (Fsp3) is 0.444. The molecule has 0 saturated carbocycles. The van der Waals surface area contributed by atoms with Crippen LogP contribution in [0.2, 0.25) is 0 Å². The van der Waals surface area contributed by atoms with Gasteiger partial charge in [-0.2, -0.15) is 5.48 Å². The molecular weight excluding hydrogens is 430 g/mol. The number of amides is 2. The molecule has 2 aromatic rings. The van der Waals surface area contributed by atoms with Gasteiger partial charge in [-0.15, -0.1) is 0 Å². The lowest BCUT2D eigenvalue weighted by atomic mass is 9.99. The van der Waals surface area contributed by atoms with Gasteiger partial charge in [0, 0.05) is 6.54 Å². The SMILES string of the molecule is CCC(C)C(N)C(=O)NCCC(=O)ONC(=O)Cc1ccc(CCCCc2ccccc2)cc1. The highest BCUT2D eigenvalue weighted by Gasteiger charge is 2.19. The largest absolute Gasteiger partial charge is 0.354 e. The molecule has 0 aromatic heterocycles. The molecule has 2 atom stereocenters. The molecule has 0 radical (unpaired) electrons. The summed E-state index contributed by atoms with van der Waals surface area (Å²) >= 11 is 0. The zero-order chi connectivity index (χ0) is 24.8. The van der Waals surface area contributed by atoms with Crippen LogP contribution in [0, 0.1) is 5.92 Å². The van der Waals surface area contributed by atoms with E-state index in [-0.39, 0.29) is 31.2 Å². The highest BCUT2D eigenvalue weighted by Crippen LogP contribution is 2.11. The summed E-state index contributed by atoms with van der Waals surface area (Å²) in [6, 6.07) is 17.8.